The number of methoxy groups -OCH3 is 1. The van der Waals surface area contributed by atoms with Gasteiger partial charge in [0.25, 0.3) is 0 Å². The Bertz CT molecular complexity index is 373. The van der Waals surface area contributed by atoms with Gasteiger partial charge in [-0.2, -0.15) is 0 Å². The standard InChI is InChI=1S/C17H27NO/c1-14-6-3-4-7-16(14)12-17(15-8-5-9-15)13-18-10-11-19-2/h3-4,6-7,15,17-18H,5,8-13H2,1-2H3. The SMILES string of the molecule is COCCNCC(Cc1ccccc1C)C1CCC1. The first-order valence-corrected chi connectivity index (χ1v) is 7.55. The summed E-state index contributed by atoms with van der Waals surface area (Å²) in [6, 6.07) is 8.81. The van der Waals surface area contributed by atoms with Crippen LogP contribution >= 0.6 is 0 Å². The first-order chi connectivity index (χ1) is 9.31. The third kappa shape index (κ3) is 4.32. The van der Waals surface area contributed by atoms with E-state index in [1.807, 2.05) is 0 Å². The summed E-state index contributed by atoms with van der Waals surface area (Å²) in [5, 5.41) is 3.55. The molecule has 2 heteroatoms. The maximum Gasteiger partial charge on any atom is 0.0587 e. The van der Waals surface area contributed by atoms with Gasteiger partial charge < -0.3 is 10.1 Å². The van der Waals surface area contributed by atoms with Crippen LogP contribution in [-0.4, -0.2) is 26.8 Å². The fourth-order valence-electron chi connectivity index (χ4n) is 2.90. The van der Waals surface area contributed by atoms with Gasteiger partial charge in [0.1, 0.15) is 0 Å². The molecule has 2 rings (SSSR count). The lowest BCUT2D eigenvalue weighted by molar-refractivity contribution is 0.178. The summed E-state index contributed by atoms with van der Waals surface area (Å²) in [7, 11) is 1.76. The summed E-state index contributed by atoms with van der Waals surface area (Å²) in [5.74, 6) is 1.71. The van der Waals surface area contributed by atoms with Crippen LogP contribution in [0, 0.1) is 18.8 Å². The highest BCUT2D eigenvalue weighted by atomic mass is 16.5. The fraction of sp³-hybridized carbons (Fsp3) is 0.647. The van der Waals surface area contributed by atoms with E-state index in [0.29, 0.717) is 0 Å². The van der Waals surface area contributed by atoms with E-state index in [1.54, 1.807) is 7.11 Å². The van der Waals surface area contributed by atoms with Crippen LogP contribution in [0.15, 0.2) is 24.3 Å². The summed E-state index contributed by atoms with van der Waals surface area (Å²) < 4.78 is 5.10. The molecule has 0 bridgehead atoms. The van der Waals surface area contributed by atoms with Crippen molar-refractivity contribution in [3.8, 4) is 0 Å². The Kier molecular flexibility index (Phi) is 5.87. The Balaban J connectivity index is 1.88. The molecule has 1 saturated carbocycles. The van der Waals surface area contributed by atoms with Crippen LogP contribution in [0.1, 0.15) is 30.4 Å². The van der Waals surface area contributed by atoms with Crippen molar-refractivity contribution in [2.75, 3.05) is 26.8 Å². The van der Waals surface area contributed by atoms with Crippen molar-refractivity contribution in [2.24, 2.45) is 11.8 Å². The molecule has 1 fully saturated rings. The van der Waals surface area contributed by atoms with Gasteiger partial charge in [-0.15, -0.1) is 0 Å². The van der Waals surface area contributed by atoms with E-state index >= 15 is 0 Å². The molecule has 1 atom stereocenters. The molecule has 0 aromatic heterocycles. The lowest BCUT2D eigenvalue weighted by atomic mass is 9.73. The van der Waals surface area contributed by atoms with E-state index in [1.165, 1.54) is 36.8 Å². The molecule has 1 aliphatic rings. The van der Waals surface area contributed by atoms with E-state index < -0.39 is 0 Å². The summed E-state index contributed by atoms with van der Waals surface area (Å²) in [6.07, 6.45) is 5.48. The highest BCUT2D eigenvalue weighted by Crippen LogP contribution is 2.35. The average molecular weight is 261 g/mol. The number of nitrogens with one attached hydrogen (secondary N) is 1. The molecule has 2 nitrogen and oxygen atoms in total. The van der Waals surface area contributed by atoms with Gasteiger partial charge in [0.2, 0.25) is 0 Å². The lowest BCUT2D eigenvalue weighted by Gasteiger charge is -2.34. The third-order valence-electron chi connectivity index (χ3n) is 4.45. The van der Waals surface area contributed by atoms with Crippen LogP contribution in [0.4, 0.5) is 0 Å². The normalized spacial score (nSPS) is 17.2. The quantitative estimate of drug-likeness (QED) is 0.726. The Labute approximate surface area is 117 Å². The maximum atomic E-state index is 5.10. The molecule has 0 heterocycles. The van der Waals surface area contributed by atoms with Crippen LogP contribution < -0.4 is 5.32 Å². The third-order valence-corrected chi connectivity index (χ3v) is 4.45. The largest absolute Gasteiger partial charge is 0.383 e. The van der Waals surface area contributed by atoms with Crippen molar-refractivity contribution in [3.05, 3.63) is 35.4 Å². The lowest BCUT2D eigenvalue weighted by Crippen LogP contribution is -2.34. The van der Waals surface area contributed by atoms with Crippen molar-refractivity contribution in [1.82, 2.24) is 5.32 Å². The predicted molar refractivity (Wildman–Crippen MR) is 80.5 cm³/mol. The van der Waals surface area contributed by atoms with Crippen molar-refractivity contribution in [3.63, 3.8) is 0 Å². The van der Waals surface area contributed by atoms with Gasteiger partial charge in [-0.1, -0.05) is 43.5 Å². The summed E-state index contributed by atoms with van der Waals surface area (Å²) >= 11 is 0. The number of aryl methyl sites for hydroxylation is 1. The van der Waals surface area contributed by atoms with E-state index in [4.69, 9.17) is 4.74 Å². The highest BCUT2D eigenvalue weighted by molar-refractivity contribution is 5.26. The van der Waals surface area contributed by atoms with Gasteiger partial charge >= 0.3 is 0 Å². The highest BCUT2D eigenvalue weighted by Gasteiger charge is 2.27. The zero-order chi connectivity index (χ0) is 13.5. The monoisotopic (exact) mass is 261 g/mol. The van der Waals surface area contributed by atoms with Crippen LogP contribution in [0.3, 0.4) is 0 Å². The van der Waals surface area contributed by atoms with Crippen LogP contribution in [0.25, 0.3) is 0 Å². The van der Waals surface area contributed by atoms with Crippen LogP contribution in [-0.2, 0) is 11.2 Å². The molecule has 0 aliphatic heterocycles. The Hall–Kier alpha value is -0.860. The van der Waals surface area contributed by atoms with Crippen LogP contribution in [0.2, 0.25) is 0 Å². The smallest absolute Gasteiger partial charge is 0.0587 e. The maximum absolute atomic E-state index is 5.10. The van der Waals surface area contributed by atoms with Gasteiger partial charge in [-0.3, -0.25) is 0 Å². The van der Waals surface area contributed by atoms with Crippen molar-refractivity contribution in [1.29, 1.82) is 0 Å². The minimum absolute atomic E-state index is 0.784. The second-order valence-corrected chi connectivity index (χ2v) is 5.78. The molecular formula is C17H27NO. The number of hydrogen-bond acceptors (Lipinski definition) is 2. The molecule has 1 aromatic carbocycles. The van der Waals surface area contributed by atoms with Gasteiger partial charge in [-0.05, 0) is 42.9 Å². The van der Waals surface area contributed by atoms with Gasteiger partial charge in [0, 0.05) is 13.7 Å². The Morgan fingerprint density at radius 1 is 1.32 bits per heavy atom. The molecular weight excluding hydrogens is 234 g/mol. The molecule has 0 saturated heterocycles. The van der Waals surface area contributed by atoms with E-state index in [2.05, 4.69) is 36.5 Å². The first-order valence-electron chi connectivity index (χ1n) is 7.55. The molecule has 0 radical (unpaired) electrons. The number of rotatable bonds is 8. The molecule has 0 amide bonds. The zero-order valence-electron chi connectivity index (χ0n) is 12.3. The average Bonchev–Trinajstić information content (AvgIpc) is 2.35. The number of hydrogen-bond donors (Lipinski definition) is 1. The minimum atomic E-state index is 0.784. The van der Waals surface area contributed by atoms with Gasteiger partial charge in [-0.25, -0.2) is 0 Å². The molecule has 1 aliphatic carbocycles. The minimum Gasteiger partial charge on any atom is -0.383 e. The Morgan fingerprint density at radius 2 is 2.11 bits per heavy atom. The molecule has 106 valence electrons. The van der Waals surface area contributed by atoms with Gasteiger partial charge in [0.05, 0.1) is 6.61 Å². The summed E-state index contributed by atoms with van der Waals surface area (Å²) in [4.78, 5) is 0. The zero-order valence-corrected chi connectivity index (χ0v) is 12.3. The van der Waals surface area contributed by atoms with Crippen molar-refractivity contribution < 1.29 is 4.74 Å². The predicted octanol–water partition coefficient (Wildman–Crippen LogP) is 3.19. The van der Waals surface area contributed by atoms with E-state index in [-0.39, 0.29) is 0 Å². The summed E-state index contributed by atoms with van der Waals surface area (Å²) in [5.41, 5.74) is 2.96. The van der Waals surface area contributed by atoms with Crippen molar-refractivity contribution in [2.45, 2.75) is 32.6 Å². The second kappa shape index (κ2) is 7.66. The number of benzene rings is 1. The Morgan fingerprint density at radius 3 is 2.74 bits per heavy atom. The summed E-state index contributed by atoms with van der Waals surface area (Å²) in [6.45, 7) is 5.13. The first kappa shape index (κ1) is 14.5. The topological polar surface area (TPSA) is 21.3 Å². The van der Waals surface area contributed by atoms with E-state index in [0.717, 1.165) is 31.5 Å². The van der Waals surface area contributed by atoms with Gasteiger partial charge in [0.15, 0.2) is 0 Å². The molecule has 19 heavy (non-hydrogen) atoms. The van der Waals surface area contributed by atoms with E-state index in [9.17, 15) is 0 Å². The molecule has 1 unspecified atom stereocenters. The second-order valence-electron chi connectivity index (χ2n) is 5.78. The molecule has 0 spiro atoms. The molecule has 1 aromatic rings. The fourth-order valence-corrected chi connectivity index (χ4v) is 2.90. The number of ether oxygens (including phenoxy) is 1. The van der Waals surface area contributed by atoms with Crippen LogP contribution in [0.5, 0.6) is 0 Å². The molecule has 1 N–H and O–H groups in total. The van der Waals surface area contributed by atoms with Crippen molar-refractivity contribution >= 4 is 0 Å².